The fourth-order valence-corrected chi connectivity index (χ4v) is 4.93. The first kappa shape index (κ1) is 23.7. The van der Waals surface area contributed by atoms with E-state index in [1.165, 1.54) is 22.9 Å². The van der Waals surface area contributed by atoms with E-state index in [4.69, 9.17) is 9.72 Å². The van der Waals surface area contributed by atoms with Gasteiger partial charge < -0.3 is 10.1 Å². The standard InChI is InChI=1S/C25H27N5O3S/c1-5-6-7-20-29-22-21-18(14-33-4)12-15(2)27-24(21)34-23(22)25(32)30(20)26-13-17-8-10-19(11-9-17)28-16(3)31/h8-13H,5-7,14H2,1-4H3,(H,28,31)/b26-13-. The summed E-state index contributed by atoms with van der Waals surface area (Å²) in [6.07, 6.45) is 4.14. The Kier molecular flexibility index (Phi) is 7.14. The fraction of sp³-hybridized carbons (Fsp3) is 0.320. The molecule has 4 rings (SSSR count). The zero-order chi connectivity index (χ0) is 24.2. The molecule has 3 aromatic heterocycles. The minimum atomic E-state index is -0.203. The second-order valence-corrected chi connectivity index (χ2v) is 9.11. The van der Waals surface area contributed by atoms with E-state index < -0.39 is 0 Å². The topological polar surface area (TPSA) is 98.5 Å². The van der Waals surface area contributed by atoms with Crippen LogP contribution in [0.25, 0.3) is 20.4 Å². The molecule has 0 atom stereocenters. The van der Waals surface area contributed by atoms with Gasteiger partial charge in [-0.3, -0.25) is 9.59 Å². The molecule has 34 heavy (non-hydrogen) atoms. The molecule has 1 amide bonds. The molecule has 0 aliphatic carbocycles. The van der Waals surface area contributed by atoms with E-state index in [9.17, 15) is 9.59 Å². The third-order valence-corrected chi connectivity index (χ3v) is 6.39. The van der Waals surface area contributed by atoms with Gasteiger partial charge >= 0.3 is 0 Å². The van der Waals surface area contributed by atoms with Crippen molar-refractivity contribution in [1.82, 2.24) is 14.6 Å². The predicted octanol–water partition coefficient (Wildman–Crippen LogP) is 4.64. The third-order valence-electron chi connectivity index (χ3n) is 5.33. The molecule has 0 saturated carbocycles. The van der Waals surface area contributed by atoms with Crippen LogP contribution in [0.2, 0.25) is 0 Å². The summed E-state index contributed by atoms with van der Waals surface area (Å²) < 4.78 is 7.33. The number of rotatable bonds is 8. The maximum Gasteiger partial charge on any atom is 0.292 e. The highest BCUT2D eigenvalue weighted by Gasteiger charge is 2.19. The van der Waals surface area contributed by atoms with Crippen LogP contribution in [0.1, 0.15) is 49.3 Å². The van der Waals surface area contributed by atoms with Crippen LogP contribution in [0, 0.1) is 6.92 Å². The number of hydrogen-bond acceptors (Lipinski definition) is 7. The second kappa shape index (κ2) is 10.2. The summed E-state index contributed by atoms with van der Waals surface area (Å²) in [5.41, 5.74) is 3.82. The number of carbonyl (C=O) groups is 1. The Balaban J connectivity index is 1.83. The number of fused-ring (bicyclic) bond motifs is 3. The van der Waals surface area contributed by atoms with Crippen molar-refractivity contribution in [2.24, 2.45) is 5.10 Å². The van der Waals surface area contributed by atoms with E-state index in [0.29, 0.717) is 34.8 Å². The van der Waals surface area contributed by atoms with Gasteiger partial charge in [-0.2, -0.15) is 9.78 Å². The monoisotopic (exact) mass is 477 g/mol. The predicted molar refractivity (Wildman–Crippen MR) is 137 cm³/mol. The van der Waals surface area contributed by atoms with Crippen molar-refractivity contribution in [3.63, 3.8) is 0 Å². The molecule has 0 spiro atoms. The summed E-state index contributed by atoms with van der Waals surface area (Å²) in [6, 6.07) is 9.24. The van der Waals surface area contributed by atoms with E-state index in [2.05, 4.69) is 22.3 Å². The molecule has 8 nitrogen and oxygen atoms in total. The first-order valence-electron chi connectivity index (χ1n) is 11.2. The van der Waals surface area contributed by atoms with Crippen LogP contribution in [0.4, 0.5) is 5.69 Å². The zero-order valence-electron chi connectivity index (χ0n) is 19.7. The molecular formula is C25H27N5O3S. The Labute approximate surface area is 201 Å². The van der Waals surface area contributed by atoms with Gasteiger partial charge in [0.25, 0.3) is 5.56 Å². The van der Waals surface area contributed by atoms with Crippen LogP contribution in [0.3, 0.4) is 0 Å². The quantitative estimate of drug-likeness (QED) is 0.373. The van der Waals surface area contributed by atoms with Gasteiger partial charge in [-0.15, -0.1) is 11.3 Å². The second-order valence-electron chi connectivity index (χ2n) is 8.11. The number of aromatic nitrogens is 3. The molecule has 0 bridgehead atoms. The minimum Gasteiger partial charge on any atom is -0.380 e. The molecule has 1 N–H and O–H groups in total. The van der Waals surface area contributed by atoms with Gasteiger partial charge in [0.2, 0.25) is 5.91 Å². The number of benzene rings is 1. The maximum atomic E-state index is 13.5. The normalized spacial score (nSPS) is 11.6. The number of aryl methyl sites for hydroxylation is 2. The van der Waals surface area contributed by atoms with Crippen LogP contribution in [0.15, 0.2) is 40.2 Å². The van der Waals surface area contributed by atoms with Gasteiger partial charge in [-0.1, -0.05) is 25.5 Å². The first-order valence-corrected chi connectivity index (χ1v) is 12.0. The number of hydrogen-bond donors (Lipinski definition) is 1. The largest absolute Gasteiger partial charge is 0.380 e. The van der Waals surface area contributed by atoms with Crippen molar-refractivity contribution in [1.29, 1.82) is 0 Å². The number of nitrogens with zero attached hydrogens (tertiary/aromatic N) is 4. The average Bonchev–Trinajstić information content (AvgIpc) is 3.16. The lowest BCUT2D eigenvalue weighted by atomic mass is 10.1. The Bertz CT molecular complexity index is 1440. The molecule has 1 aromatic carbocycles. The molecule has 0 radical (unpaired) electrons. The van der Waals surface area contributed by atoms with E-state index >= 15 is 0 Å². The van der Waals surface area contributed by atoms with Crippen molar-refractivity contribution in [2.45, 2.75) is 46.6 Å². The zero-order valence-corrected chi connectivity index (χ0v) is 20.5. The molecule has 0 fully saturated rings. The number of nitrogens with one attached hydrogen (secondary N) is 1. The van der Waals surface area contributed by atoms with Crippen LogP contribution in [0.5, 0.6) is 0 Å². The number of unbranched alkanes of at least 4 members (excludes halogenated alkanes) is 1. The summed E-state index contributed by atoms with van der Waals surface area (Å²) in [7, 11) is 1.65. The third kappa shape index (κ3) is 4.90. The van der Waals surface area contributed by atoms with Crippen LogP contribution >= 0.6 is 11.3 Å². The van der Waals surface area contributed by atoms with Crippen LogP contribution in [-0.4, -0.2) is 33.9 Å². The van der Waals surface area contributed by atoms with Gasteiger partial charge in [0.15, 0.2) is 0 Å². The van der Waals surface area contributed by atoms with Gasteiger partial charge in [-0.25, -0.2) is 9.97 Å². The van der Waals surface area contributed by atoms with Gasteiger partial charge in [0.05, 0.1) is 18.3 Å². The number of anilines is 1. The lowest BCUT2D eigenvalue weighted by Gasteiger charge is -2.08. The molecule has 0 unspecified atom stereocenters. The minimum absolute atomic E-state index is 0.130. The van der Waals surface area contributed by atoms with E-state index in [1.54, 1.807) is 25.5 Å². The molecule has 3 heterocycles. The van der Waals surface area contributed by atoms with Gasteiger partial charge in [0.1, 0.15) is 15.4 Å². The van der Waals surface area contributed by atoms with E-state index in [1.807, 2.05) is 25.1 Å². The summed E-state index contributed by atoms with van der Waals surface area (Å²) in [5.74, 6) is 0.490. The van der Waals surface area contributed by atoms with E-state index in [-0.39, 0.29) is 11.5 Å². The van der Waals surface area contributed by atoms with Crippen molar-refractivity contribution in [3.05, 3.63) is 63.3 Å². The Morgan fingerprint density at radius 1 is 1.26 bits per heavy atom. The van der Waals surface area contributed by atoms with Crippen LogP contribution < -0.4 is 10.9 Å². The van der Waals surface area contributed by atoms with Crippen molar-refractivity contribution < 1.29 is 9.53 Å². The Morgan fingerprint density at radius 3 is 2.71 bits per heavy atom. The Morgan fingerprint density at radius 2 is 2.03 bits per heavy atom. The SMILES string of the molecule is CCCCc1nc2c(sc3nc(C)cc(COC)c32)c(=O)n1/N=C\c1ccc(NC(C)=O)cc1. The molecule has 0 aliphatic heterocycles. The lowest BCUT2D eigenvalue weighted by molar-refractivity contribution is -0.114. The van der Waals surface area contributed by atoms with E-state index in [0.717, 1.165) is 39.9 Å². The van der Waals surface area contributed by atoms with Crippen LogP contribution in [-0.2, 0) is 22.6 Å². The molecule has 0 aliphatic rings. The van der Waals surface area contributed by atoms with Crippen molar-refractivity contribution in [3.8, 4) is 0 Å². The van der Waals surface area contributed by atoms with Gasteiger partial charge in [-0.05, 0) is 42.7 Å². The number of pyridine rings is 1. The highest BCUT2D eigenvalue weighted by molar-refractivity contribution is 7.25. The number of thiophene rings is 1. The summed E-state index contributed by atoms with van der Waals surface area (Å²) in [4.78, 5) is 35.1. The molecule has 9 heteroatoms. The summed E-state index contributed by atoms with van der Waals surface area (Å²) in [5, 5.41) is 8.12. The van der Waals surface area contributed by atoms with Gasteiger partial charge in [0, 0.05) is 37.2 Å². The fourth-order valence-electron chi connectivity index (χ4n) is 3.80. The summed E-state index contributed by atoms with van der Waals surface area (Å²) in [6.45, 7) is 5.92. The number of methoxy groups -OCH3 is 1. The highest BCUT2D eigenvalue weighted by Crippen LogP contribution is 2.33. The molecule has 4 aromatic rings. The number of carbonyl (C=O) groups excluding carboxylic acids is 1. The number of amides is 1. The maximum absolute atomic E-state index is 13.5. The lowest BCUT2D eigenvalue weighted by Crippen LogP contribution is -2.21. The first-order chi connectivity index (χ1) is 16.4. The van der Waals surface area contributed by atoms with Crippen molar-refractivity contribution in [2.75, 3.05) is 12.4 Å². The highest BCUT2D eigenvalue weighted by atomic mass is 32.1. The number of ether oxygens (including phenoxy) is 1. The molecular weight excluding hydrogens is 450 g/mol. The smallest absolute Gasteiger partial charge is 0.292 e. The summed E-state index contributed by atoms with van der Waals surface area (Å²) >= 11 is 1.34. The average molecular weight is 478 g/mol. The molecule has 0 saturated heterocycles. The van der Waals surface area contributed by atoms with Crippen molar-refractivity contribution >= 4 is 49.6 Å². The Hall–Kier alpha value is -3.43. The molecule has 176 valence electrons.